The molecule has 1 aromatic heterocycles. The molecule has 1 atom stereocenters. The zero-order valence-electron chi connectivity index (χ0n) is 20.3. The minimum atomic E-state index is -1.09. The van der Waals surface area contributed by atoms with Crippen molar-refractivity contribution in [1.82, 2.24) is 9.88 Å². The van der Waals surface area contributed by atoms with Gasteiger partial charge in [0.1, 0.15) is 5.75 Å². The van der Waals surface area contributed by atoms with Crippen LogP contribution in [0.15, 0.2) is 79.0 Å². The van der Waals surface area contributed by atoms with Gasteiger partial charge in [0.15, 0.2) is 11.6 Å². The number of hydrogen-bond donors (Lipinski definition) is 0. The van der Waals surface area contributed by atoms with E-state index in [1.807, 2.05) is 62.4 Å². The molecule has 176 valence electrons. The van der Waals surface area contributed by atoms with E-state index in [0.717, 1.165) is 45.0 Å². The highest BCUT2D eigenvalue weighted by atomic mass is 16.5. The number of carbonyl (C=O) groups is 2. The fourth-order valence-electron chi connectivity index (χ4n) is 5.41. The molecule has 0 N–H and O–H groups in total. The molecule has 5 heteroatoms. The number of aromatic nitrogens is 1. The lowest BCUT2D eigenvalue weighted by Gasteiger charge is -2.35. The van der Waals surface area contributed by atoms with Crippen LogP contribution < -0.4 is 4.74 Å². The molecule has 35 heavy (non-hydrogen) atoms. The van der Waals surface area contributed by atoms with Crippen LogP contribution in [0.5, 0.6) is 5.75 Å². The molecule has 5 nitrogen and oxygen atoms in total. The van der Waals surface area contributed by atoms with E-state index in [2.05, 4.69) is 28.6 Å². The van der Waals surface area contributed by atoms with E-state index in [1.54, 1.807) is 13.3 Å². The molecule has 1 aliphatic heterocycles. The van der Waals surface area contributed by atoms with Gasteiger partial charge in [0.05, 0.1) is 24.6 Å². The van der Waals surface area contributed by atoms with Crippen LogP contribution in [0.1, 0.15) is 35.6 Å². The van der Waals surface area contributed by atoms with Crippen LogP contribution in [0.4, 0.5) is 0 Å². The van der Waals surface area contributed by atoms with Gasteiger partial charge in [-0.05, 0) is 48.7 Å². The first kappa shape index (κ1) is 22.8. The number of rotatable bonds is 5. The number of ketones is 2. The van der Waals surface area contributed by atoms with Crippen molar-refractivity contribution in [3.63, 3.8) is 0 Å². The van der Waals surface area contributed by atoms with Gasteiger partial charge in [0.2, 0.25) is 0 Å². The maximum absolute atomic E-state index is 13.5. The van der Waals surface area contributed by atoms with Crippen LogP contribution >= 0.6 is 0 Å². The number of nitrogens with zero attached hydrogens (tertiary/aromatic N) is 2. The number of ether oxygens (including phenoxy) is 1. The quantitative estimate of drug-likeness (QED) is 0.380. The summed E-state index contributed by atoms with van der Waals surface area (Å²) in [6.07, 6.45) is 3.72. The van der Waals surface area contributed by atoms with Gasteiger partial charge in [-0.3, -0.25) is 14.6 Å². The summed E-state index contributed by atoms with van der Waals surface area (Å²) in [7, 11) is 1.65. The summed E-state index contributed by atoms with van der Waals surface area (Å²) < 4.78 is 5.43. The summed E-state index contributed by atoms with van der Waals surface area (Å²) in [6.45, 7) is 9.16. The largest absolute Gasteiger partial charge is 0.497 e. The lowest BCUT2D eigenvalue weighted by Crippen LogP contribution is -2.43. The fourth-order valence-corrected chi connectivity index (χ4v) is 5.41. The van der Waals surface area contributed by atoms with E-state index in [1.165, 1.54) is 0 Å². The maximum atomic E-state index is 13.5. The van der Waals surface area contributed by atoms with Gasteiger partial charge in [0.25, 0.3) is 0 Å². The first-order chi connectivity index (χ1) is 16.9. The van der Waals surface area contributed by atoms with E-state index < -0.39 is 5.41 Å². The molecule has 0 unspecified atom stereocenters. The Labute approximate surface area is 205 Å². The van der Waals surface area contributed by atoms with Crippen LogP contribution in [0.25, 0.3) is 17.0 Å². The van der Waals surface area contributed by atoms with Crippen molar-refractivity contribution >= 4 is 17.3 Å². The second-order valence-electron chi connectivity index (χ2n) is 9.21. The Kier molecular flexibility index (Phi) is 5.64. The average molecular weight is 465 g/mol. The van der Waals surface area contributed by atoms with Gasteiger partial charge in [-0.2, -0.15) is 0 Å². The van der Waals surface area contributed by atoms with Gasteiger partial charge >= 0.3 is 0 Å². The predicted molar refractivity (Wildman–Crippen MR) is 137 cm³/mol. The zero-order valence-corrected chi connectivity index (χ0v) is 20.3. The number of pyridine rings is 1. The van der Waals surface area contributed by atoms with E-state index >= 15 is 0 Å². The van der Waals surface area contributed by atoms with E-state index in [4.69, 9.17) is 4.74 Å². The molecule has 0 radical (unpaired) electrons. The number of carbonyl (C=O) groups excluding carboxylic acids is 2. The van der Waals surface area contributed by atoms with Crippen molar-refractivity contribution < 1.29 is 14.3 Å². The molecule has 2 aromatic carbocycles. The lowest BCUT2D eigenvalue weighted by molar-refractivity contribution is -0.123. The minimum Gasteiger partial charge on any atom is -0.497 e. The third-order valence-corrected chi connectivity index (χ3v) is 7.31. The van der Waals surface area contributed by atoms with E-state index in [-0.39, 0.29) is 18.0 Å². The highest BCUT2D eigenvalue weighted by molar-refractivity contribution is 6.22. The van der Waals surface area contributed by atoms with Gasteiger partial charge in [-0.15, -0.1) is 0 Å². The third-order valence-electron chi connectivity index (χ3n) is 7.31. The Bertz CT molecular complexity index is 1390. The molecular formula is C30H28N2O3. The Hall–Kier alpha value is -3.99. The topological polar surface area (TPSA) is 59.5 Å². The molecule has 3 aromatic rings. The van der Waals surface area contributed by atoms with Crippen molar-refractivity contribution in [3.8, 4) is 17.0 Å². The molecule has 2 heterocycles. The van der Waals surface area contributed by atoms with Crippen molar-refractivity contribution in [3.05, 3.63) is 101 Å². The highest BCUT2D eigenvalue weighted by Gasteiger charge is 2.52. The molecule has 0 amide bonds. The zero-order chi connectivity index (χ0) is 24.7. The van der Waals surface area contributed by atoms with Crippen molar-refractivity contribution in [1.29, 1.82) is 0 Å². The van der Waals surface area contributed by atoms with Crippen LogP contribution in [0.2, 0.25) is 0 Å². The lowest BCUT2D eigenvalue weighted by atomic mass is 9.74. The van der Waals surface area contributed by atoms with Crippen molar-refractivity contribution in [2.45, 2.75) is 32.2 Å². The molecule has 1 fully saturated rings. The van der Waals surface area contributed by atoms with E-state index in [9.17, 15) is 9.59 Å². The second-order valence-corrected chi connectivity index (χ2v) is 9.21. The Morgan fingerprint density at radius 2 is 1.91 bits per heavy atom. The molecule has 2 aliphatic rings. The average Bonchev–Trinajstić information content (AvgIpc) is 3.33. The molecule has 0 saturated heterocycles. The van der Waals surface area contributed by atoms with Gasteiger partial charge < -0.3 is 9.64 Å². The van der Waals surface area contributed by atoms with E-state index in [0.29, 0.717) is 18.7 Å². The van der Waals surface area contributed by atoms with Crippen LogP contribution in [0.3, 0.4) is 0 Å². The number of aryl methyl sites for hydroxylation is 1. The Balaban J connectivity index is 1.55. The van der Waals surface area contributed by atoms with Crippen LogP contribution in [0, 0.1) is 6.92 Å². The third kappa shape index (κ3) is 3.59. The van der Waals surface area contributed by atoms with Crippen LogP contribution in [-0.4, -0.2) is 35.1 Å². The summed E-state index contributed by atoms with van der Waals surface area (Å²) in [6, 6.07) is 17.8. The van der Waals surface area contributed by atoms with Gasteiger partial charge in [-0.25, -0.2) is 0 Å². The first-order valence-corrected chi connectivity index (χ1v) is 11.8. The summed E-state index contributed by atoms with van der Waals surface area (Å²) >= 11 is 0. The molecule has 0 bridgehead atoms. The van der Waals surface area contributed by atoms with Gasteiger partial charge in [-0.1, -0.05) is 49.1 Å². The SMILES string of the molecule is C=C1C(=O)CC(=O)[C@]1(CN1Cc2ccc(OC)cc2/C1=C\C)c1ccc(-c2ncccc2C)cc1. The molecule has 5 rings (SSSR count). The summed E-state index contributed by atoms with van der Waals surface area (Å²) in [5.74, 6) is 0.509. The molecular weight excluding hydrogens is 436 g/mol. The first-order valence-electron chi connectivity index (χ1n) is 11.8. The number of Topliss-reactive ketones (excluding diaryl/α,β-unsaturated/α-hetero) is 2. The van der Waals surface area contributed by atoms with Crippen LogP contribution in [-0.2, 0) is 21.5 Å². The predicted octanol–water partition coefficient (Wildman–Crippen LogP) is 5.28. The Morgan fingerprint density at radius 1 is 1.14 bits per heavy atom. The van der Waals surface area contributed by atoms with Crippen molar-refractivity contribution in [2.75, 3.05) is 13.7 Å². The molecule has 1 saturated carbocycles. The maximum Gasteiger partial charge on any atom is 0.167 e. The normalized spacial score (nSPS) is 20.6. The van der Waals surface area contributed by atoms with Crippen molar-refractivity contribution in [2.24, 2.45) is 0 Å². The Morgan fingerprint density at radius 3 is 2.54 bits per heavy atom. The summed E-state index contributed by atoms with van der Waals surface area (Å²) in [5, 5.41) is 0. The summed E-state index contributed by atoms with van der Waals surface area (Å²) in [4.78, 5) is 33.0. The number of benzene rings is 2. The molecule has 1 aliphatic carbocycles. The number of fused-ring (bicyclic) bond motifs is 1. The molecule has 0 spiro atoms. The number of hydrogen-bond acceptors (Lipinski definition) is 5. The number of allylic oxidation sites excluding steroid dienone is 1. The standard InChI is InChI=1S/C30H28N2O3/c1-5-26-25-15-24(35-4)13-10-22(25)17-32(26)18-30(20(3)27(33)16-28(30)34)23-11-8-21(9-12-23)29-19(2)7-6-14-31-29/h5-15H,3,16-18H2,1-2,4H3/b26-5+/t30-/m0/s1. The summed E-state index contributed by atoms with van der Waals surface area (Å²) in [5.41, 5.74) is 6.30. The monoisotopic (exact) mass is 464 g/mol. The van der Waals surface area contributed by atoms with Gasteiger partial charge in [0, 0.05) is 41.7 Å². The fraction of sp³-hybridized carbons (Fsp3) is 0.233. The smallest absolute Gasteiger partial charge is 0.167 e. The highest BCUT2D eigenvalue weighted by Crippen LogP contribution is 2.45. The number of methoxy groups -OCH3 is 1. The minimum absolute atomic E-state index is 0.0988. The second kappa shape index (κ2) is 8.66.